The third-order valence-corrected chi connectivity index (χ3v) is 4.20. The molecule has 0 aliphatic carbocycles. The van der Waals surface area contributed by atoms with E-state index >= 15 is 0 Å². The highest BCUT2D eigenvalue weighted by Gasteiger charge is 2.24. The van der Waals surface area contributed by atoms with Crippen molar-refractivity contribution in [2.24, 2.45) is 0 Å². The molecule has 0 bridgehead atoms. The molecule has 4 heteroatoms. The van der Waals surface area contributed by atoms with Crippen molar-refractivity contribution >= 4 is 23.2 Å². The normalized spacial score (nSPS) is 22.1. The van der Waals surface area contributed by atoms with Crippen molar-refractivity contribution < 1.29 is 0 Å². The lowest BCUT2D eigenvalue weighted by Crippen LogP contribution is -2.35. The summed E-state index contributed by atoms with van der Waals surface area (Å²) >= 11 is 12.2. The summed E-state index contributed by atoms with van der Waals surface area (Å²) in [6.45, 7) is 4.36. The monoisotopic (exact) mass is 272 g/mol. The highest BCUT2D eigenvalue weighted by molar-refractivity contribution is 6.35. The van der Waals surface area contributed by atoms with Crippen molar-refractivity contribution in [3.63, 3.8) is 0 Å². The van der Waals surface area contributed by atoms with E-state index in [0.29, 0.717) is 17.1 Å². The van der Waals surface area contributed by atoms with E-state index in [4.69, 9.17) is 23.2 Å². The van der Waals surface area contributed by atoms with Gasteiger partial charge in [-0.1, -0.05) is 29.3 Å². The maximum atomic E-state index is 6.25. The summed E-state index contributed by atoms with van der Waals surface area (Å²) in [5.74, 6) is 0. The van der Waals surface area contributed by atoms with Crippen LogP contribution in [0.15, 0.2) is 18.2 Å². The van der Waals surface area contributed by atoms with Crippen LogP contribution in [0.25, 0.3) is 0 Å². The Bertz CT molecular complexity index is 389. The van der Waals surface area contributed by atoms with E-state index in [9.17, 15) is 0 Å². The zero-order valence-electron chi connectivity index (χ0n) is 10.2. The summed E-state index contributed by atoms with van der Waals surface area (Å²) in [4.78, 5) is 2.38. The van der Waals surface area contributed by atoms with Crippen molar-refractivity contribution in [2.75, 3.05) is 20.1 Å². The van der Waals surface area contributed by atoms with Gasteiger partial charge in [0.1, 0.15) is 0 Å². The average molecular weight is 273 g/mol. The van der Waals surface area contributed by atoms with Crippen LogP contribution in [0.3, 0.4) is 0 Å². The van der Waals surface area contributed by atoms with E-state index in [-0.39, 0.29) is 0 Å². The topological polar surface area (TPSA) is 15.3 Å². The van der Waals surface area contributed by atoms with Crippen molar-refractivity contribution in [3.8, 4) is 0 Å². The van der Waals surface area contributed by atoms with Crippen LogP contribution >= 0.6 is 23.2 Å². The summed E-state index contributed by atoms with van der Waals surface area (Å²) in [7, 11) is 2.16. The summed E-state index contributed by atoms with van der Waals surface area (Å²) < 4.78 is 0. The molecule has 17 heavy (non-hydrogen) atoms. The molecule has 2 atom stereocenters. The van der Waals surface area contributed by atoms with Gasteiger partial charge in [-0.05, 0) is 44.6 Å². The first kappa shape index (κ1) is 13.2. The standard InChI is InChI=1S/C13H18Cl2N2/c1-9(17(2)11-5-6-16-8-11)12-4-3-10(14)7-13(12)15/h3-4,7,9,11,16H,5-6,8H2,1-2H3. The van der Waals surface area contributed by atoms with E-state index in [0.717, 1.165) is 23.7 Å². The molecule has 1 heterocycles. The second-order valence-electron chi connectivity index (χ2n) is 4.65. The second kappa shape index (κ2) is 5.57. The second-order valence-corrected chi connectivity index (χ2v) is 5.50. The summed E-state index contributed by atoms with van der Waals surface area (Å²) in [6.07, 6.45) is 1.20. The third kappa shape index (κ3) is 2.94. The minimum Gasteiger partial charge on any atom is -0.315 e. The van der Waals surface area contributed by atoms with Crippen molar-refractivity contribution in [3.05, 3.63) is 33.8 Å². The molecular formula is C13H18Cl2N2. The molecule has 1 fully saturated rings. The molecule has 1 aliphatic rings. The Hall–Kier alpha value is -0.280. The van der Waals surface area contributed by atoms with Crippen molar-refractivity contribution in [1.82, 2.24) is 10.2 Å². The fourth-order valence-electron chi connectivity index (χ4n) is 2.36. The number of nitrogens with one attached hydrogen (secondary N) is 1. The molecular weight excluding hydrogens is 255 g/mol. The largest absolute Gasteiger partial charge is 0.315 e. The maximum absolute atomic E-state index is 6.25. The first-order chi connectivity index (χ1) is 8.09. The van der Waals surface area contributed by atoms with E-state index in [1.165, 1.54) is 6.42 Å². The van der Waals surface area contributed by atoms with Gasteiger partial charge in [0, 0.05) is 28.7 Å². The third-order valence-electron chi connectivity index (χ3n) is 3.63. The molecule has 0 amide bonds. The van der Waals surface area contributed by atoms with E-state index in [1.54, 1.807) is 0 Å². The SMILES string of the molecule is CC(c1ccc(Cl)cc1Cl)N(C)C1CCNC1. The number of hydrogen-bond acceptors (Lipinski definition) is 2. The zero-order chi connectivity index (χ0) is 12.4. The van der Waals surface area contributed by atoms with Crippen LogP contribution < -0.4 is 5.32 Å². The van der Waals surface area contributed by atoms with Crippen LogP contribution in [0.4, 0.5) is 0 Å². The fourth-order valence-corrected chi connectivity index (χ4v) is 2.93. The molecule has 94 valence electrons. The van der Waals surface area contributed by atoms with Crippen LogP contribution in [-0.4, -0.2) is 31.1 Å². The average Bonchev–Trinajstić information content (AvgIpc) is 2.80. The molecule has 2 rings (SSSR count). The Kier molecular flexibility index (Phi) is 4.31. The lowest BCUT2D eigenvalue weighted by Gasteiger charge is -2.31. The number of hydrogen-bond donors (Lipinski definition) is 1. The minimum absolute atomic E-state index is 0.310. The minimum atomic E-state index is 0.310. The molecule has 1 saturated heterocycles. The predicted molar refractivity (Wildman–Crippen MR) is 73.9 cm³/mol. The maximum Gasteiger partial charge on any atom is 0.0468 e. The lowest BCUT2D eigenvalue weighted by molar-refractivity contribution is 0.197. The summed E-state index contributed by atoms with van der Waals surface area (Å²) in [5, 5.41) is 4.83. The van der Waals surface area contributed by atoms with E-state index in [1.807, 2.05) is 18.2 Å². The molecule has 0 saturated carbocycles. The predicted octanol–water partition coefficient (Wildman–Crippen LogP) is 3.35. The number of rotatable bonds is 3. The number of halogens is 2. The molecule has 2 unspecified atom stereocenters. The van der Waals surface area contributed by atoms with Gasteiger partial charge >= 0.3 is 0 Å². The fraction of sp³-hybridized carbons (Fsp3) is 0.538. The van der Waals surface area contributed by atoms with Crippen LogP contribution in [0.2, 0.25) is 10.0 Å². The smallest absolute Gasteiger partial charge is 0.0468 e. The molecule has 1 aromatic carbocycles. The molecule has 2 nitrogen and oxygen atoms in total. The number of benzene rings is 1. The quantitative estimate of drug-likeness (QED) is 0.908. The molecule has 1 aromatic rings. The van der Waals surface area contributed by atoms with Crippen molar-refractivity contribution in [1.29, 1.82) is 0 Å². The van der Waals surface area contributed by atoms with Crippen LogP contribution in [0, 0.1) is 0 Å². The first-order valence-corrected chi connectivity index (χ1v) is 6.73. The Morgan fingerprint density at radius 3 is 2.76 bits per heavy atom. The molecule has 1 N–H and O–H groups in total. The Balaban J connectivity index is 2.15. The van der Waals surface area contributed by atoms with Gasteiger partial charge in [-0.3, -0.25) is 4.90 Å². The van der Waals surface area contributed by atoms with E-state index < -0.39 is 0 Å². The van der Waals surface area contributed by atoms with Crippen LogP contribution in [0.5, 0.6) is 0 Å². The van der Waals surface area contributed by atoms with Crippen molar-refractivity contribution in [2.45, 2.75) is 25.4 Å². The Morgan fingerprint density at radius 2 is 2.18 bits per heavy atom. The first-order valence-electron chi connectivity index (χ1n) is 5.97. The number of likely N-dealkylation sites (N-methyl/N-ethyl adjacent to an activating group) is 1. The highest BCUT2D eigenvalue weighted by Crippen LogP contribution is 2.30. The van der Waals surface area contributed by atoms with Gasteiger partial charge in [-0.2, -0.15) is 0 Å². The van der Waals surface area contributed by atoms with Gasteiger partial charge in [0.2, 0.25) is 0 Å². The lowest BCUT2D eigenvalue weighted by atomic mass is 10.1. The molecule has 0 aromatic heterocycles. The van der Waals surface area contributed by atoms with Gasteiger partial charge in [0.15, 0.2) is 0 Å². The highest BCUT2D eigenvalue weighted by atomic mass is 35.5. The Morgan fingerprint density at radius 1 is 1.41 bits per heavy atom. The van der Waals surface area contributed by atoms with Gasteiger partial charge in [0.25, 0.3) is 0 Å². The molecule has 0 radical (unpaired) electrons. The Labute approximate surface area is 113 Å². The summed E-state index contributed by atoms with van der Waals surface area (Å²) in [6, 6.07) is 6.64. The number of nitrogens with zero attached hydrogens (tertiary/aromatic N) is 1. The molecule has 0 spiro atoms. The van der Waals surface area contributed by atoms with Crippen LogP contribution in [-0.2, 0) is 0 Å². The van der Waals surface area contributed by atoms with Gasteiger partial charge < -0.3 is 5.32 Å². The van der Waals surface area contributed by atoms with Gasteiger partial charge in [-0.15, -0.1) is 0 Å². The summed E-state index contributed by atoms with van der Waals surface area (Å²) in [5.41, 5.74) is 1.14. The van der Waals surface area contributed by atoms with Gasteiger partial charge in [0.05, 0.1) is 0 Å². The van der Waals surface area contributed by atoms with Gasteiger partial charge in [-0.25, -0.2) is 0 Å². The van der Waals surface area contributed by atoms with Crippen LogP contribution in [0.1, 0.15) is 24.9 Å². The van der Waals surface area contributed by atoms with E-state index in [2.05, 4.69) is 24.2 Å². The zero-order valence-corrected chi connectivity index (χ0v) is 11.7. The molecule has 1 aliphatic heterocycles.